The van der Waals surface area contributed by atoms with Gasteiger partial charge in [0.2, 0.25) is 0 Å². The van der Waals surface area contributed by atoms with Crippen LogP contribution >= 0.6 is 15.9 Å². The van der Waals surface area contributed by atoms with Crippen LogP contribution in [0, 0.1) is 17.6 Å². The largest absolute Gasteiger partial charge is 0.367 e. The lowest BCUT2D eigenvalue weighted by molar-refractivity contribution is 0.333. The Kier molecular flexibility index (Phi) is 4.82. The smallest absolute Gasteiger partial charge is 0.149 e. The van der Waals surface area contributed by atoms with E-state index < -0.39 is 11.6 Å². The van der Waals surface area contributed by atoms with E-state index in [0.717, 1.165) is 19.3 Å². The van der Waals surface area contributed by atoms with Crippen molar-refractivity contribution < 1.29 is 8.78 Å². The van der Waals surface area contributed by atoms with Crippen LogP contribution in [-0.2, 0) is 5.33 Å². The number of alkyl halides is 1. The third-order valence-corrected chi connectivity index (χ3v) is 4.69. The van der Waals surface area contributed by atoms with Crippen LogP contribution in [0.2, 0.25) is 0 Å². The first kappa shape index (κ1) is 14.8. The summed E-state index contributed by atoms with van der Waals surface area (Å²) in [7, 11) is 1.80. The van der Waals surface area contributed by atoms with Crippen LogP contribution in [0.1, 0.15) is 38.2 Å². The van der Waals surface area contributed by atoms with Crippen LogP contribution in [0.5, 0.6) is 0 Å². The summed E-state index contributed by atoms with van der Waals surface area (Å²) in [5, 5.41) is 0.464. The van der Waals surface area contributed by atoms with Gasteiger partial charge in [-0.2, -0.15) is 0 Å². The highest BCUT2D eigenvalue weighted by Gasteiger charge is 2.26. The highest BCUT2D eigenvalue weighted by atomic mass is 79.9. The third kappa shape index (κ3) is 3.28. The number of hydrogen-bond acceptors (Lipinski definition) is 1. The Morgan fingerprint density at radius 2 is 1.89 bits per heavy atom. The molecule has 2 unspecified atom stereocenters. The standard InChI is InChI=1S/C15H20BrF2N/c1-10-4-3-5-12(6-10)19(2)15-13(17)7-11(9-16)8-14(15)18/h7-8,10,12H,3-6,9H2,1-2H3. The molecule has 1 aromatic rings. The van der Waals surface area contributed by atoms with Crippen molar-refractivity contribution in [3.05, 3.63) is 29.3 Å². The van der Waals surface area contributed by atoms with Crippen molar-refractivity contribution in [2.45, 2.75) is 44.0 Å². The maximum Gasteiger partial charge on any atom is 0.149 e. The molecule has 0 N–H and O–H groups in total. The molecule has 19 heavy (non-hydrogen) atoms. The fourth-order valence-electron chi connectivity index (χ4n) is 2.97. The monoisotopic (exact) mass is 331 g/mol. The molecule has 0 heterocycles. The van der Waals surface area contributed by atoms with Crippen molar-refractivity contribution in [3.8, 4) is 0 Å². The van der Waals surface area contributed by atoms with Gasteiger partial charge in [-0.3, -0.25) is 0 Å². The molecule has 1 aromatic carbocycles. The van der Waals surface area contributed by atoms with Gasteiger partial charge in [0.15, 0.2) is 0 Å². The Balaban J connectivity index is 2.25. The Bertz CT molecular complexity index is 427. The summed E-state index contributed by atoms with van der Waals surface area (Å²) >= 11 is 3.22. The molecule has 1 fully saturated rings. The van der Waals surface area contributed by atoms with Gasteiger partial charge >= 0.3 is 0 Å². The maximum atomic E-state index is 14.1. The normalized spacial score (nSPS) is 23.4. The quantitative estimate of drug-likeness (QED) is 0.714. The highest BCUT2D eigenvalue weighted by molar-refractivity contribution is 9.08. The molecular weight excluding hydrogens is 312 g/mol. The van der Waals surface area contributed by atoms with Gasteiger partial charge in [-0.25, -0.2) is 8.78 Å². The Morgan fingerprint density at radius 3 is 2.42 bits per heavy atom. The van der Waals surface area contributed by atoms with Gasteiger partial charge in [0.1, 0.15) is 17.3 Å². The summed E-state index contributed by atoms with van der Waals surface area (Å²) in [4.78, 5) is 1.79. The zero-order chi connectivity index (χ0) is 14.0. The summed E-state index contributed by atoms with van der Waals surface area (Å²) in [5.74, 6) is -0.292. The summed E-state index contributed by atoms with van der Waals surface area (Å²) in [6.07, 6.45) is 4.38. The fraction of sp³-hybridized carbons (Fsp3) is 0.600. The van der Waals surface area contributed by atoms with Crippen molar-refractivity contribution in [1.29, 1.82) is 0 Å². The zero-order valence-corrected chi connectivity index (χ0v) is 13.0. The maximum absolute atomic E-state index is 14.1. The van der Waals surface area contributed by atoms with E-state index in [1.807, 2.05) is 0 Å². The Morgan fingerprint density at radius 1 is 1.26 bits per heavy atom. The molecule has 0 spiro atoms. The summed E-state index contributed by atoms with van der Waals surface area (Å²) in [6, 6.07) is 3.06. The molecule has 1 saturated carbocycles. The lowest BCUT2D eigenvalue weighted by atomic mass is 9.86. The first-order valence-electron chi connectivity index (χ1n) is 6.79. The molecule has 0 aliphatic heterocycles. The molecule has 0 saturated heterocycles. The van der Waals surface area contributed by atoms with E-state index >= 15 is 0 Å². The molecule has 0 aromatic heterocycles. The van der Waals surface area contributed by atoms with E-state index in [0.29, 0.717) is 16.8 Å². The molecule has 0 bridgehead atoms. The molecule has 1 nitrogen and oxygen atoms in total. The number of rotatable bonds is 3. The van der Waals surface area contributed by atoms with Crippen molar-refractivity contribution in [1.82, 2.24) is 0 Å². The molecule has 2 atom stereocenters. The number of nitrogens with zero attached hydrogens (tertiary/aromatic N) is 1. The van der Waals surface area contributed by atoms with Crippen molar-refractivity contribution >= 4 is 21.6 Å². The predicted molar refractivity (Wildman–Crippen MR) is 78.8 cm³/mol. The van der Waals surface area contributed by atoms with Gasteiger partial charge in [-0.05, 0) is 36.5 Å². The van der Waals surface area contributed by atoms with Crippen LogP contribution in [0.4, 0.5) is 14.5 Å². The molecule has 2 rings (SSSR count). The van der Waals surface area contributed by atoms with Crippen LogP contribution < -0.4 is 4.90 Å². The second kappa shape index (κ2) is 6.21. The second-order valence-corrected chi connectivity index (χ2v) is 6.14. The third-order valence-electron chi connectivity index (χ3n) is 4.04. The predicted octanol–water partition coefficient (Wildman–Crippen LogP) is 4.87. The van der Waals surface area contributed by atoms with E-state index in [2.05, 4.69) is 22.9 Å². The molecule has 0 radical (unpaired) electrons. The van der Waals surface area contributed by atoms with Gasteiger partial charge in [0, 0.05) is 18.4 Å². The lowest BCUT2D eigenvalue weighted by Gasteiger charge is -2.36. The van der Waals surface area contributed by atoms with Crippen molar-refractivity contribution in [2.75, 3.05) is 11.9 Å². The van der Waals surface area contributed by atoms with Crippen LogP contribution in [-0.4, -0.2) is 13.1 Å². The Hall–Kier alpha value is -0.640. The lowest BCUT2D eigenvalue weighted by Crippen LogP contribution is -2.36. The minimum atomic E-state index is -0.463. The van der Waals surface area contributed by atoms with Crippen molar-refractivity contribution in [2.24, 2.45) is 5.92 Å². The molecule has 1 aliphatic carbocycles. The number of benzene rings is 1. The van der Waals surface area contributed by atoms with Crippen LogP contribution in [0.3, 0.4) is 0 Å². The zero-order valence-electron chi connectivity index (χ0n) is 11.4. The molecule has 106 valence electrons. The number of hydrogen-bond donors (Lipinski definition) is 0. The minimum Gasteiger partial charge on any atom is -0.367 e. The highest BCUT2D eigenvalue weighted by Crippen LogP contribution is 2.32. The number of halogens is 3. The molecule has 1 aliphatic rings. The van der Waals surface area contributed by atoms with Crippen molar-refractivity contribution in [3.63, 3.8) is 0 Å². The van der Waals surface area contributed by atoms with Crippen LogP contribution in [0.15, 0.2) is 12.1 Å². The van der Waals surface area contributed by atoms with Gasteiger partial charge < -0.3 is 4.90 Å². The SMILES string of the molecule is CC1CCCC(N(C)c2c(F)cc(CBr)cc2F)C1. The number of anilines is 1. The van der Waals surface area contributed by atoms with E-state index in [1.165, 1.54) is 18.6 Å². The average Bonchev–Trinajstić information content (AvgIpc) is 2.37. The van der Waals surface area contributed by atoms with Gasteiger partial charge in [0.25, 0.3) is 0 Å². The Labute approximate surface area is 122 Å². The van der Waals surface area contributed by atoms with Crippen LogP contribution in [0.25, 0.3) is 0 Å². The molecular formula is C15H20BrF2N. The van der Waals surface area contributed by atoms with E-state index in [-0.39, 0.29) is 11.7 Å². The summed E-state index contributed by atoms with van der Waals surface area (Å²) < 4.78 is 28.2. The minimum absolute atomic E-state index is 0.115. The summed E-state index contributed by atoms with van der Waals surface area (Å²) in [5.41, 5.74) is 0.743. The van der Waals surface area contributed by atoms with Gasteiger partial charge in [0.05, 0.1) is 0 Å². The van der Waals surface area contributed by atoms with E-state index in [1.54, 1.807) is 11.9 Å². The topological polar surface area (TPSA) is 3.24 Å². The first-order valence-corrected chi connectivity index (χ1v) is 7.91. The molecule has 4 heteroatoms. The first-order chi connectivity index (χ1) is 9.02. The van der Waals surface area contributed by atoms with Gasteiger partial charge in [-0.15, -0.1) is 0 Å². The summed E-state index contributed by atoms with van der Waals surface area (Å²) in [6.45, 7) is 2.21. The second-order valence-electron chi connectivity index (χ2n) is 5.58. The van der Waals surface area contributed by atoms with Gasteiger partial charge in [-0.1, -0.05) is 35.7 Å². The fourth-order valence-corrected chi connectivity index (χ4v) is 3.29. The average molecular weight is 332 g/mol. The van der Waals surface area contributed by atoms with E-state index in [9.17, 15) is 8.78 Å². The molecule has 0 amide bonds. The van der Waals surface area contributed by atoms with E-state index in [4.69, 9.17) is 0 Å².